The molecule has 1 heterocycles. The van der Waals surface area contributed by atoms with Crippen LogP contribution in [0.4, 0.5) is 0 Å². The van der Waals surface area contributed by atoms with Gasteiger partial charge in [0, 0.05) is 11.3 Å². The summed E-state index contributed by atoms with van der Waals surface area (Å²) in [7, 11) is 7.78. The standard InChI is InChI=1S/C17H15B2N3O2S/c1-11-2-4-12(5-3-11)16-10-15(17(18)19)21-22(16)13-6-8-14(9-7-13)25(20,23)24/h2-10,17H,1H3,(H2,20,23,24). The van der Waals surface area contributed by atoms with Crippen molar-refractivity contribution < 1.29 is 8.42 Å². The number of hydrogen-bond donors (Lipinski definition) is 1. The van der Waals surface area contributed by atoms with E-state index in [9.17, 15) is 8.42 Å². The summed E-state index contributed by atoms with van der Waals surface area (Å²) in [6.07, 6.45) is 0. The van der Waals surface area contributed by atoms with Crippen LogP contribution in [0.5, 0.6) is 0 Å². The van der Waals surface area contributed by atoms with Crippen LogP contribution in [0.25, 0.3) is 16.9 Å². The lowest BCUT2D eigenvalue weighted by Gasteiger charge is -2.09. The molecule has 0 spiro atoms. The van der Waals surface area contributed by atoms with Gasteiger partial charge in [-0.25, -0.2) is 18.2 Å². The molecule has 0 bridgehead atoms. The molecule has 0 amide bonds. The van der Waals surface area contributed by atoms with Crippen LogP contribution in [0.1, 0.15) is 17.0 Å². The fourth-order valence-electron chi connectivity index (χ4n) is 2.47. The first-order valence-electron chi connectivity index (χ1n) is 7.57. The van der Waals surface area contributed by atoms with Gasteiger partial charge in [0.25, 0.3) is 0 Å². The lowest BCUT2D eigenvalue weighted by atomic mass is 9.69. The maximum absolute atomic E-state index is 11.4. The predicted molar refractivity (Wildman–Crippen MR) is 99.4 cm³/mol. The Morgan fingerprint density at radius 1 is 1.04 bits per heavy atom. The van der Waals surface area contributed by atoms with Gasteiger partial charge >= 0.3 is 0 Å². The molecule has 5 nitrogen and oxygen atoms in total. The maximum atomic E-state index is 11.4. The molecule has 2 N–H and O–H groups in total. The molecule has 0 atom stereocenters. The van der Waals surface area contributed by atoms with Crippen molar-refractivity contribution in [1.29, 1.82) is 0 Å². The second-order valence-electron chi connectivity index (χ2n) is 5.80. The number of rotatable bonds is 4. The minimum atomic E-state index is -3.75. The highest BCUT2D eigenvalue weighted by molar-refractivity contribution is 7.89. The Morgan fingerprint density at radius 3 is 2.16 bits per heavy atom. The van der Waals surface area contributed by atoms with E-state index in [1.165, 1.54) is 12.1 Å². The van der Waals surface area contributed by atoms with Crippen LogP contribution in [0.15, 0.2) is 59.5 Å². The zero-order valence-electron chi connectivity index (χ0n) is 13.6. The summed E-state index contributed by atoms with van der Waals surface area (Å²) in [6, 6.07) is 15.9. The molecule has 0 saturated heterocycles. The minimum Gasteiger partial charge on any atom is -0.233 e. The van der Waals surface area contributed by atoms with Crippen molar-refractivity contribution in [3.63, 3.8) is 0 Å². The molecule has 1 aromatic heterocycles. The number of hydrogen-bond acceptors (Lipinski definition) is 3. The lowest BCUT2D eigenvalue weighted by molar-refractivity contribution is 0.598. The Balaban J connectivity index is 2.13. The Kier molecular flexibility index (Phi) is 4.58. The highest BCUT2D eigenvalue weighted by Crippen LogP contribution is 2.26. The molecule has 0 aliphatic heterocycles. The van der Waals surface area contributed by atoms with Crippen LogP contribution < -0.4 is 5.14 Å². The molecular weight excluding hydrogens is 332 g/mol. The molecule has 0 unspecified atom stereocenters. The summed E-state index contributed by atoms with van der Waals surface area (Å²) in [5.74, 6) is 0. The maximum Gasteiger partial charge on any atom is 0.238 e. The van der Waals surface area contributed by atoms with E-state index in [1.807, 2.05) is 37.3 Å². The zero-order valence-corrected chi connectivity index (χ0v) is 14.4. The molecule has 8 heteroatoms. The van der Waals surface area contributed by atoms with Gasteiger partial charge in [0.15, 0.2) is 0 Å². The average Bonchev–Trinajstić information content (AvgIpc) is 3.00. The zero-order chi connectivity index (χ0) is 18.2. The van der Waals surface area contributed by atoms with Crippen molar-refractivity contribution in [2.75, 3.05) is 0 Å². The molecule has 3 rings (SSSR count). The van der Waals surface area contributed by atoms with Crippen molar-refractivity contribution in [2.24, 2.45) is 5.14 Å². The third-order valence-corrected chi connectivity index (χ3v) is 4.76. The monoisotopic (exact) mass is 347 g/mol. The Hall–Kier alpha value is -2.31. The van der Waals surface area contributed by atoms with Gasteiger partial charge < -0.3 is 0 Å². The van der Waals surface area contributed by atoms with Crippen LogP contribution in [0.3, 0.4) is 0 Å². The largest absolute Gasteiger partial charge is 0.238 e. The second-order valence-corrected chi connectivity index (χ2v) is 7.36. The van der Waals surface area contributed by atoms with Gasteiger partial charge in [-0.3, -0.25) is 0 Å². The van der Waals surface area contributed by atoms with Crippen molar-refractivity contribution in [3.8, 4) is 16.9 Å². The molecule has 2 aromatic carbocycles. The van der Waals surface area contributed by atoms with E-state index in [1.54, 1.807) is 16.8 Å². The third-order valence-electron chi connectivity index (χ3n) is 3.83. The average molecular weight is 347 g/mol. The van der Waals surface area contributed by atoms with Gasteiger partial charge in [0.2, 0.25) is 10.0 Å². The third kappa shape index (κ3) is 3.70. The molecule has 0 fully saturated rings. The quantitative estimate of drug-likeness (QED) is 0.732. The van der Waals surface area contributed by atoms with Gasteiger partial charge in [0.1, 0.15) is 0 Å². The molecule has 0 aliphatic carbocycles. The van der Waals surface area contributed by atoms with Gasteiger partial charge in [0.05, 0.1) is 32.0 Å². The van der Waals surface area contributed by atoms with E-state index in [-0.39, 0.29) is 4.90 Å². The van der Waals surface area contributed by atoms with Crippen LogP contribution in [-0.2, 0) is 10.0 Å². The molecule has 0 aliphatic rings. The first-order chi connectivity index (χ1) is 11.8. The number of nitrogens with zero attached hydrogens (tertiary/aromatic N) is 2. The number of benzene rings is 2. The Bertz CT molecular complexity index is 995. The van der Waals surface area contributed by atoms with Crippen LogP contribution in [0.2, 0.25) is 0 Å². The SMILES string of the molecule is [B]C([B])c1cc(-c2ccc(C)cc2)n(-c2ccc(S(N)(=O)=O)cc2)n1. The molecule has 4 radical (unpaired) electrons. The van der Waals surface area contributed by atoms with Crippen LogP contribution >= 0.6 is 0 Å². The molecule has 122 valence electrons. The van der Waals surface area contributed by atoms with E-state index in [0.717, 1.165) is 16.8 Å². The number of aryl methyl sites for hydroxylation is 1. The van der Waals surface area contributed by atoms with Crippen LogP contribution in [0, 0.1) is 6.92 Å². The number of primary sulfonamides is 1. The summed E-state index contributed by atoms with van der Waals surface area (Å²) in [4.78, 5) is 0.0380. The topological polar surface area (TPSA) is 78.0 Å². The minimum absolute atomic E-state index is 0.0380. The van der Waals surface area contributed by atoms with E-state index in [2.05, 4.69) is 5.10 Å². The molecule has 0 saturated carbocycles. The van der Waals surface area contributed by atoms with Gasteiger partial charge in [-0.15, -0.1) is 0 Å². The van der Waals surface area contributed by atoms with E-state index >= 15 is 0 Å². The summed E-state index contributed by atoms with van der Waals surface area (Å²) < 4.78 is 24.5. The van der Waals surface area contributed by atoms with Gasteiger partial charge in [-0.2, -0.15) is 5.10 Å². The summed E-state index contributed by atoms with van der Waals surface area (Å²) >= 11 is 0. The van der Waals surface area contributed by atoms with Gasteiger partial charge in [-0.1, -0.05) is 35.5 Å². The molecular formula is C17H15B2N3O2S. The number of aromatic nitrogens is 2. The van der Waals surface area contributed by atoms with Gasteiger partial charge in [-0.05, 0) is 37.3 Å². The first kappa shape index (κ1) is 17.5. The lowest BCUT2D eigenvalue weighted by Crippen LogP contribution is -2.12. The van der Waals surface area contributed by atoms with Crippen molar-refractivity contribution in [1.82, 2.24) is 9.78 Å². The van der Waals surface area contributed by atoms with E-state index < -0.39 is 15.7 Å². The molecule has 3 aromatic rings. The fraction of sp³-hybridized carbons (Fsp3) is 0.118. The van der Waals surface area contributed by atoms with Crippen molar-refractivity contribution >= 4 is 25.7 Å². The predicted octanol–water partition coefficient (Wildman–Crippen LogP) is 1.83. The highest BCUT2D eigenvalue weighted by atomic mass is 32.2. The van der Waals surface area contributed by atoms with Crippen molar-refractivity contribution in [3.05, 3.63) is 65.9 Å². The second kappa shape index (κ2) is 6.54. The number of sulfonamides is 1. The Morgan fingerprint density at radius 2 is 1.64 bits per heavy atom. The van der Waals surface area contributed by atoms with Crippen molar-refractivity contribution in [2.45, 2.75) is 17.5 Å². The van der Waals surface area contributed by atoms with Crippen LogP contribution in [-0.4, -0.2) is 33.9 Å². The fourth-order valence-corrected chi connectivity index (χ4v) is 2.98. The summed E-state index contributed by atoms with van der Waals surface area (Å²) in [5.41, 5.74) is 3.39. The first-order valence-corrected chi connectivity index (χ1v) is 9.12. The summed E-state index contributed by atoms with van der Waals surface area (Å²) in [6.45, 7) is 2.01. The normalized spacial score (nSPS) is 11.8. The van der Waals surface area contributed by atoms with E-state index in [4.69, 9.17) is 20.8 Å². The Labute approximate surface area is 149 Å². The van der Waals surface area contributed by atoms with E-state index in [0.29, 0.717) is 11.4 Å². The highest BCUT2D eigenvalue weighted by Gasteiger charge is 2.14. The molecule has 25 heavy (non-hydrogen) atoms. The summed E-state index contributed by atoms with van der Waals surface area (Å²) in [5, 5.41) is 9.60. The number of nitrogens with two attached hydrogens (primary N) is 1. The smallest absolute Gasteiger partial charge is 0.233 e.